The Kier molecular flexibility index (Phi) is 4.49. The van der Waals surface area contributed by atoms with Crippen molar-refractivity contribution in [3.8, 4) is 11.4 Å². The van der Waals surface area contributed by atoms with Gasteiger partial charge in [-0.15, -0.1) is 0 Å². The van der Waals surface area contributed by atoms with E-state index in [-0.39, 0.29) is 24.2 Å². The van der Waals surface area contributed by atoms with Gasteiger partial charge in [0.15, 0.2) is 0 Å². The van der Waals surface area contributed by atoms with E-state index >= 15 is 0 Å². The predicted octanol–water partition coefficient (Wildman–Crippen LogP) is 4.15. The molecule has 2 fully saturated rings. The van der Waals surface area contributed by atoms with Crippen molar-refractivity contribution in [3.63, 3.8) is 0 Å². The van der Waals surface area contributed by atoms with E-state index in [1.54, 1.807) is 4.90 Å². The summed E-state index contributed by atoms with van der Waals surface area (Å²) in [7, 11) is 0. The van der Waals surface area contributed by atoms with Crippen molar-refractivity contribution in [3.05, 3.63) is 30.3 Å². The first-order valence-corrected chi connectivity index (χ1v) is 10.4. The Balaban J connectivity index is 1.29. The average Bonchev–Trinajstić information content (AvgIpc) is 3.24. The van der Waals surface area contributed by atoms with Gasteiger partial charge in [0.25, 0.3) is 0 Å². The van der Waals surface area contributed by atoms with Crippen molar-refractivity contribution < 1.29 is 14.1 Å². The van der Waals surface area contributed by atoms with Crippen molar-refractivity contribution in [1.82, 2.24) is 24.8 Å². The molecule has 5 rings (SSSR count). The van der Waals surface area contributed by atoms with Crippen LogP contribution in [0.1, 0.15) is 57.4 Å². The van der Waals surface area contributed by atoms with E-state index < -0.39 is 0 Å². The number of aromatic nitrogens is 4. The normalized spacial score (nSPS) is 18.0. The molecule has 8 heteroatoms. The lowest BCUT2D eigenvalue weighted by molar-refractivity contribution is 0.0849. The summed E-state index contributed by atoms with van der Waals surface area (Å²) in [6.45, 7) is 5.54. The Morgan fingerprint density at radius 1 is 1.21 bits per heavy atom. The maximum absolute atomic E-state index is 12.1. The van der Waals surface area contributed by atoms with E-state index in [4.69, 9.17) is 9.26 Å². The molecule has 1 aliphatic carbocycles. The number of benzene rings is 1. The largest absolute Gasteiger partial charge is 0.446 e. The number of carbonyl (C=O) groups is 1. The summed E-state index contributed by atoms with van der Waals surface area (Å²) in [4.78, 5) is 18.5. The van der Waals surface area contributed by atoms with Crippen LogP contribution in [0.3, 0.4) is 0 Å². The van der Waals surface area contributed by atoms with Gasteiger partial charge in [-0.05, 0) is 45.6 Å². The quantitative estimate of drug-likeness (QED) is 0.660. The van der Waals surface area contributed by atoms with Crippen molar-refractivity contribution in [2.75, 3.05) is 13.1 Å². The molecular formula is C21H25N5O3. The smallest absolute Gasteiger partial charge is 0.410 e. The average molecular weight is 395 g/mol. The van der Waals surface area contributed by atoms with E-state index in [1.807, 2.05) is 23.0 Å². The van der Waals surface area contributed by atoms with Crippen LogP contribution in [0.2, 0.25) is 0 Å². The predicted molar refractivity (Wildman–Crippen MR) is 106 cm³/mol. The van der Waals surface area contributed by atoms with Crippen molar-refractivity contribution in [1.29, 1.82) is 0 Å². The van der Waals surface area contributed by atoms with Gasteiger partial charge in [-0.1, -0.05) is 17.3 Å². The Morgan fingerprint density at radius 2 is 2.00 bits per heavy atom. The Labute approximate surface area is 168 Å². The zero-order chi connectivity index (χ0) is 20.0. The minimum absolute atomic E-state index is 0.142. The SMILES string of the molecule is CC(C)n1ncc2ccc(-c3noc(C4CCN(C(=O)OC5CC5)CC4)n3)cc21. The highest BCUT2D eigenvalue weighted by atomic mass is 16.6. The lowest BCUT2D eigenvalue weighted by atomic mass is 9.97. The molecule has 0 unspecified atom stereocenters. The van der Waals surface area contributed by atoms with Gasteiger partial charge in [-0.2, -0.15) is 10.1 Å². The van der Waals surface area contributed by atoms with Crippen LogP contribution in [0, 0.1) is 0 Å². The molecule has 1 saturated heterocycles. The number of hydrogen-bond donors (Lipinski definition) is 0. The third-order valence-corrected chi connectivity index (χ3v) is 5.68. The van der Waals surface area contributed by atoms with Gasteiger partial charge in [0.05, 0.1) is 11.7 Å². The molecule has 3 aromatic rings. The highest BCUT2D eigenvalue weighted by Crippen LogP contribution is 2.31. The van der Waals surface area contributed by atoms with E-state index in [0.717, 1.165) is 42.1 Å². The molecule has 3 heterocycles. The standard InChI is InChI=1S/C21H25N5O3/c1-13(2)26-18-11-15(3-4-16(18)12-22-26)19-23-20(29-24-19)14-7-9-25(10-8-14)21(27)28-17-5-6-17/h3-4,11-14,17H,5-10H2,1-2H3. The summed E-state index contributed by atoms with van der Waals surface area (Å²) in [6.07, 6.45) is 5.44. The molecule has 2 aromatic heterocycles. The van der Waals surface area contributed by atoms with E-state index in [1.165, 1.54) is 0 Å². The van der Waals surface area contributed by atoms with Crippen LogP contribution >= 0.6 is 0 Å². The lowest BCUT2D eigenvalue weighted by Crippen LogP contribution is -2.38. The van der Waals surface area contributed by atoms with Crippen molar-refractivity contribution in [2.24, 2.45) is 0 Å². The first kappa shape index (κ1) is 18.1. The number of rotatable bonds is 4. The van der Waals surface area contributed by atoms with Crippen LogP contribution in [-0.4, -0.2) is 50.1 Å². The fraction of sp³-hybridized carbons (Fsp3) is 0.524. The Hall–Kier alpha value is -2.90. The second-order valence-corrected chi connectivity index (χ2v) is 8.26. The van der Waals surface area contributed by atoms with Gasteiger partial charge in [-0.3, -0.25) is 4.68 Å². The second kappa shape index (κ2) is 7.17. The zero-order valence-electron chi connectivity index (χ0n) is 16.7. The molecule has 0 spiro atoms. The Bertz CT molecular complexity index is 1030. The van der Waals surface area contributed by atoms with E-state index in [9.17, 15) is 4.79 Å². The van der Waals surface area contributed by atoms with Crippen LogP contribution in [-0.2, 0) is 4.74 Å². The van der Waals surface area contributed by atoms with E-state index in [2.05, 4.69) is 35.2 Å². The number of carbonyl (C=O) groups excluding carboxylic acids is 1. The number of piperidine rings is 1. The van der Waals surface area contributed by atoms with Crippen molar-refractivity contribution in [2.45, 2.75) is 57.6 Å². The minimum atomic E-state index is -0.188. The number of ether oxygens (including phenoxy) is 1. The summed E-state index contributed by atoms with van der Waals surface area (Å²) >= 11 is 0. The molecular weight excluding hydrogens is 370 g/mol. The lowest BCUT2D eigenvalue weighted by Gasteiger charge is -2.29. The van der Waals surface area contributed by atoms with Gasteiger partial charge in [0.2, 0.25) is 11.7 Å². The first-order chi connectivity index (χ1) is 14.1. The Morgan fingerprint density at radius 3 is 2.72 bits per heavy atom. The molecule has 29 heavy (non-hydrogen) atoms. The number of nitrogens with zero attached hydrogens (tertiary/aromatic N) is 5. The van der Waals surface area contributed by atoms with Gasteiger partial charge in [-0.25, -0.2) is 4.79 Å². The topological polar surface area (TPSA) is 86.3 Å². The molecule has 152 valence electrons. The maximum atomic E-state index is 12.1. The molecule has 1 amide bonds. The van der Waals surface area contributed by atoms with Crippen LogP contribution < -0.4 is 0 Å². The van der Waals surface area contributed by atoms with Gasteiger partial charge in [0.1, 0.15) is 6.10 Å². The zero-order valence-corrected chi connectivity index (χ0v) is 16.7. The monoisotopic (exact) mass is 395 g/mol. The highest BCUT2D eigenvalue weighted by molar-refractivity contribution is 5.83. The highest BCUT2D eigenvalue weighted by Gasteiger charge is 2.32. The molecule has 1 saturated carbocycles. The molecule has 0 atom stereocenters. The summed E-state index contributed by atoms with van der Waals surface area (Å²) < 4.78 is 13.0. The van der Waals surface area contributed by atoms with Crippen LogP contribution in [0.5, 0.6) is 0 Å². The number of likely N-dealkylation sites (tertiary alicyclic amines) is 1. The summed E-state index contributed by atoms with van der Waals surface area (Å²) in [6, 6.07) is 6.38. The number of hydrogen-bond acceptors (Lipinski definition) is 6. The second-order valence-electron chi connectivity index (χ2n) is 8.26. The van der Waals surface area contributed by atoms with Gasteiger partial charge < -0.3 is 14.2 Å². The van der Waals surface area contributed by atoms with Crippen LogP contribution in [0.4, 0.5) is 4.79 Å². The van der Waals surface area contributed by atoms with Crippen molar-refractivity contribution >= 4 is 17.0 Å². The van der Waals surface area contributed by atoms with Crippen LogP contribution in [0.25, 0.3) is 22.3 Å². The third-order valence-electron chi connectivity index (χ3n) is 5.68. The molecule has 8 nitrogen and oxygen atoms in total. The first-order valence-electron chi connectivity index (χ1n) is 10.4. The third kappa shape index (κ3) is 3.59. The van der Waals surface area contributed by atoms with E-state index in [0.29, 0.717) is 24.8 Å². The molecule has 0 bridgehead atoms. The number of fused-ring (bicyclic) bond motifs is 1. The number of amides is 1. The summed E-state index contributed by atoms with van der Waals surface area (Å²) in [5, 5.41) is 9.76. The molecule has 1 aliphatic heterocycles. The minimum Gasteiger partial charge on any atom is -0.446 e. The van der Waals surface area contributed by atoms with Crippen LogP contribution in [0.15, 0.2) is 28.9 Å². The maximum Gasteiger partial charge on any atom is 0.410 e. The summed E-state index contributed by atoms with van der Waals surface area (Å²) in [5.74, 6) is 1.41. The molecule has 1 aromatic carbocycles. The fourth-order valence-corrected chi connectivity index (χ4v) is 3.82. The molecule has 0 radical (unpaired) electrons. The van der Waals surface area contributed by atoms with Gasteiger partial charge >= 0.3 is 6.09 Å². The summed E-state index contributed by atoms with van der Waals surface area (Å²) in [5.41, 5.74) is 1.98. The fourth-order valence-electron chi connectivity index (χ4n) is 3.82. The van der Waals surface area contributed by atoms with Gasteiger partial charge in [0, 0.05) is 36.0 Å². The molecule has 2 aliphatic rings. The molecule has 0 N–H and O–H groups in total.